The maximum absolute atomic E-state index is 6.23. The first-order chi connectivity index (χ1) is 8.07. The number of hydrogen-bond donors (Lipinski definition) is 1. The van der Waals surface area contributed by atoms with Crippen molar-refractivity contribution < 1.29 is 0 Å². The van der Waals surface area contributed by atoms with Crippen molar-refractivity contribution in [1.29, 1.82) is 0 Å². The van der Waals surface area contributed by atoms with Gasteiger partial charge in [0.1, 0.15) is 0 Å². The molecule has 2 unspecified atom stereocenters. The minimum absolute atomic E-state index is 0.330. The molecule has 0 radical (unpaired) electrons. The number of nitrogens with zero attached hydrogens (tertiary/aromatic N) is 1. The van der Waals surface area contributed by atoms with Crippen molar-refractivity contribution in [2.24, 2.45) is 5.73 Å². The van der Waals surface area contributed by atoms with Gasteiger partial charge in [0.2, 0.25) is 0 Å². The Labute approximate surface area is 110 Å². The van der Waals surface area contributed by atoms with E-state index >= 15 is 0 Å². The van der Waals surface area contributed by atoms with E-state index in [9.17, 15) is 0 Å². The summed E-state index contributed by atoms with van der Waals surface area (Å²) in [5.74, 6) is 0. The van der Waals surface area contributed by atoms with E-state index in [1.165, 1.54) is 5.56 Å². The van der Waals surface area contributed by atoms with Crippen molar-refractivity contribution in [3.05, 3.63) is 34.9 Å². The molecule has 0 heterocycles. The van der Waals surface area contributed by atoms with Gasteiger partial charge in [0.25, 0.3) is 0 Å². The molecule has 0 aromatic heterocycles. The molecule has 0 aliphatic rings. The zero-order valence-corrected chi connectivity index (χ0v) is 11.7. The summed E-state index contributed by atoms with van der Waals surface area (Å²) in [4.78, 5) is 2.36. The molecule has 96 valence electrons. The zero-order chi connectivity index (χ0) is 12.8. The van der Waals surface area contributed by atoms with Crippen LogP contribution in [0.4, 0.5) is 0 Å². The van der Waals surface area contributed by atoms with Crippen molar-refractivity contribution in [1.82, 2.24) is 4.90 Å². The number of hydrogen-bond acceptors (Lipinski definition) is 2. The molecule has 3 heteroatoms. The molecule has 1 aromatic rings. The highest BCUT2D eigenvalue weighted by Gasteiger charge is 2.18. The van der Waals surface area contributed by atoms with E-state index in [0.717, 1.165) is 24.4 Å². The third kappa shape index (κ3) is 3.98. The standard InChI is InChI=1S/C14H23ClN2/c1-11(7-6-10-16)17(3)12(2)13-8-4-5-9-14(13)15/h4-5,8-9,11-12H,6-7,10,16H2,1-3H3. The Morgan fingerprint density at radius 2 is 1.94 bits per heavy atom. The summed E-state index contributed by atoms with van der Waals surface area (Å²) < 4.78 is 0. The van der Waals surface area contributed by atoms with Crippen molar-refractivity contribution >= 4 is 11.6 Å². The average Bonchev–Trinajstić information content (AvgIpc) is 2.34. The smallest absolute Gasteiger partial charge is 0.0453 e. The molecule has 17 heavy (non-hydrogen) atoms. The first-order valence-electron chi connectivity index (χ1n) is 6.24. The Bertz CT molecular complexity index is 341. The van der Waals surface area contributed by atoms with Crippen LogP contribution in [0.5, 0.6) is 0 Å². The summed E-state index contributed by atoms with van der Waals surface area (Å²) in [6.07, 6.45) is 2.20. The molecule has 0 aliphatic carbocycles. The van der Waals surface area contributed by atoms with Crippen LogP contribution >= 0.6 is 11.6 Å². The lowest BCUT2D eigenvalue weighted by molar-refractivity contribution is 0.187. The highest BCUT2D eigenvalue weighted by Crippen LogP contribution is 2.28. The van der Waals surface area contributed by atoms with Crippen LogP contribution in [0.15, 0.2) is 24.3 Å². The second kappa shape index (κ2) is 7.00. The lowest BCUT2D eigenvalue weighted by atomic mass is 10.0. The molecule has 1 aromatic carbocycles. The molecule has 0 spiro atoms. The molecule has 1 rings (SSSR count). The maximum Gasteiger partial charge on any atom is 0.0453 e. The van der Waals surface area contributed by atoms with E-state index in [0.29, 0.717) is 12.1 Å². The summed E-state index contributed by atoms with van der Waals surface area (Å²) in [5.41, 5.74) is 6.74. The van der Waals surface area contributed by atoms with Crippen LogP contribution in [-0.2, 0) is 0 Å². The van der Waals surface area contributed by atoms with Crippen LogP contribution in [0.2, 0.25) is 5.02 Å². The first kappa shape index (κ1) is 14.5. The third-order valence-corrected chi connectivity index (χ3v) is 3.83. The quantitative estimate of drug-likeness (QED) is 0.843. The van der Waals surface area contributed by atoms with Gasteiger partial charge in [-0.15, -0.1) is 0 Å². The first-order valence-corrected chi connectivity index (χ1v) is 6.62. The molecule has 0 saturated carbocycles. The molecule has 0 fully saturated rings. The zero-order valence-electron chi connectivity index (χ0n) is 11.0. The Hall–Kier alpha value is -0.570. The van der Waals surface area contributed by atoms with Gasteiger partial charge in [-0.1, -0.05) is 29.8 Å². The molecule has 2 atom stereocenters. The normalized spacial score (nSPS) is 14.9. The minimum atomic E-state index is 0.330. The summed E-state index contributed by atoms with van der Waals surface area (Å²) in [6, 6.07) is 8.90. The summed E-state index contributed by atoms with van der Waals surface area (Å²) in [5, 5.41) is 0.845. The fourth-order valence-electron chi connectivity index (χ4n) is 2.03. The highest BCUT2D eigenvalue weighted by molar-refractivity contribution is 6.31. The highest BCUT2D eigenvalue weighted by atomic mass is 35.5. The van der Waals surface area contributed by atoms with Gasteiger partial charge in [-0.2, -0.15) is 0 Å². The predicted octanol–water partition coefficient (Wildman–Crippen LogP) is 3.46. The Morgan fingerprint density at radius 1 is 1.29 bits per heavy atom. The van der Waals surface area contributed by atoms with Crippen LogP contribution in [0, 0.1) is 0 Å². The summed E-state index contributed by atoms with van der Waals surface area (Å²) in [7, 11) is 2.15. The predicted molar refractivity (Wildman–Crippen MR) is 75.4 cm³/mol. The van der Waals surface area contributed by atoms with Gasteiger partial charge in [-0.25, -0.2) is 0 Å². The topological polar surface area (TPSA) is 29.3 Å². The van der Waals surface area contributed by atoms with Crippen LogP contribution in [0.25, 0.3) is 0 Å². The summed E-state index contributed by atoms with van der Waals surface area (Å²) >= 11 is 6.23. The monoisotopic (exact) mass is 254 g/mol. The van der Waals surface area contributed by atoms with Gasteiger partial charge in [-0.3, -0.25) is 4.90 Å². The second-order valence-corrected chi connectivity index (χ2v) is 5.05. The number of nitrogens with two attached hydrogens (primary N) is 1. The van der Waals surface area contributed by atoms with Gasteiger partial charge in [0, 0.05) is 17.1 Å². The van der Waals surface area contributed by atoms with Crippen molar-refractivity contribution in [2.75, 3.05) is 13.6 Å². The van der Waals surface area contributed by atoms with E-state index in [4.69, 9.17) is 17.3 Å². The van der Waals surface area contributed by atoms with Crippen LogP contribution in [0.3, 0.4) is 0 Å². The summed E-state index contributed by atoms with van der Waals surface area (Å²) in [6.45, 7) is 5.20. The van der Waals surface area contributed by atoms with Gasteiger partial charge in [0.15, 0.2) is 0 Å². The third-order valence-electron chi connectivity index (χ3n) is 3.49. The van der Waals surface area contributed by atoms with E-state index in [-0.39, 0.29) is 0 Å². The van der Waals surface area contributed by atoms with E-state index in [2.05, 4.69) is 31.9 Å². The number of benzene rings is 1. The minimum Gasteiger partial charge on any atom is -0.330 e. The fraction of sp³-hybridized carbons (Fsp3) is 0.571. The van der Waals surface area contributed by atoms with E-state index < -0.39 is 0 Å². The molecule has 2 nitrogen and oxygen atoms in total. The van der Waals surface area contributed by atoms with Gasteiger partial charge in [0.05, 0.1) is 0 Å². The van der Waals surface area contributed by atoms with Crippen LogP contribution in [0.1, 0.15) is 38.3 Å². The van der Waals surface area contributed by atoms with Crippen molar-refractivity contribution in [3.63, 3.8) is 0 Å². The van der Waals surface area contributed by atoms with Crippen molar-refractivity contribution in [2.45, 2.75) is 38.8 Å². The fourth-order valence-corrected chi connectivity index (χ4v) is 2.33. The largest absolute Gasteiger partial charge is 0.330 e. The lowest BCUT2D eigenvalue weighted by Gasteiger charge is -2.31. The molecule has 0 saturated heterocycles. The molecule has 0 bridgehead atoms. The average molecular weight is 255 g/mol. The molecular formula is C14H23ClN2. The van der Waals surface area contributed by atoms with Crippen molar-refractivity contribution in [3.8, 4) is 0 Å². The molecule has 0 amide bonds. The van der Waals surface area contributed by atoms with Crippen LogP contribution in [-0.4, -0.2) is 24.5 Å². The maximum atomic E-state index is 6.23. The molecule has 2 N–H and O–H groups in total. The van der Waals surface area contributed by atoms with E-state index in [1.54, 1.807) is 0 Å². The second-order valence-electron chi connectivity index (χ2n) is 4.64. The van der Waals surface area contributed by atoms with Gasteiger partial charge in [-0.05, 0) is 51.9 Å². The molecular weight excluding hydrogens is 232 g/mol. The van der Waals surface area contributed by atoms with Gasteiger partial charge < -0.3 is 5.73 Å². The SMILES string of the molecule is CC(CCCN)N(C)C(C)c1ccccc1Cl. The van der Waals surface area contributed by atoms with Gasteiger partial charge >= 0.3 is 0 Å². The number of rotatable bonds is 6. The Balaban J connectivity index is 2.69. The Kier molecular flexibility index (Phi) is 5.96. The van der Waals surface area contributed by atoms with E-state index in [1.807, 2.05) is 18.2 Å². The number of halogens is 1. The molecule has 0 aliphatic heterocycles. The van der Waals surface area contributed by atoms with Crippen LogP contribution < -0.4 is 5.73 Å². The lowest BCUT2D eigenvalue weighted by Crippen LogP contribution is -2.32. The Morgan fingerprint density at radius 3 is 2.53 bits per heavy atom.